The van der Waals surface area contributed by atoms with Gasteiger partial charge in [-0.1, -0.05) is 29.6 Å². The highest BCUT2D eigenvalue weighted by Gasteiger charge is 2.18. The zero-order valence-corrected chi connectivity index (χ0v) is 13.5. The number of hydrogen-bond acceptors (Lipinski definition) is 4. The third-order valence-electron chi connectivity index (χ3n) is 3.83. The molecule has 0 bridgehead atoms. The average molecular weight is 332 g/mol. The van der Waals surface area contributed by atoms with Crippen LogP contribution >= 0.6 is 23.2 Å². The maximum atomic E-state index is 10.8. The van der Waals surface area contributed by atoms with Crippen LogP contribution < -0.4 is 5.32 Å². The lowest BCUT2D eigenvalue weighted by Gasteiger charge is -2.32. The molecule has 1 heterocycles. The minimum absolute atomic E-state index is 0.0976. The fraction of sp³-hybridized carbons (Fsp3) is 0.571. The van der Waals surface area contributed by atoms with Gasteiger partial charge in [-0.25, -0.2) is 0 Å². The van der Waals surface area contributed by atoms with Crippen molar-refractivity contribution < 1.29 is 4.92 Å². The van der Waals surface area contributed by atoms with Gasteiger partial charge in [-0.15, -0.1) is 0 Å². The molecule has 0 aromatic heterocycles. The van der Waals surface area contributed by atoms with E-state index in [4.69, 9.17) is 23.2 Å². The van der Waals surface area contributed by atoms with Crippen molar-refractivity contribution in [2.24, 2.45) is 0 Å². The smallest absolute Gasteiger partial charge is 0.272 e. The highest BCUT2D eigenvalue weighted by molar-refractivity contribution is 6.39. The molecule has 1 aromatic carbocycles. The van der Waals surface area contributed by atoms with Crippen LogP contribution in [0.5, 0.6) is 0 Å². The Balaban J connectivity index is 2.01. The maximum absolute atomic E-state index is 10.8. The van der Waals surface area contributed by atoms with Gasteiger partial charge >= 0.3 is 0 Å². The van der Waals surface area contributed by atoms with Crippen molar-refractivity contribution in [1.29, 1.82) is 0 Å². The lowest BCUT2D eigenvalue weighted by molar-refractivity contribution is -0.384. The Morgan fingerprint density at radius 1 is 1.29 bits per heavy atom. The summed E-state index contributed by atoms with van der Waals surface area (Å²) in [6.07, 6.45) is 3.78. The van der Waals surface area contributed by atoms with Gasteiger partial charge in [0.05, 0.1) is 20.7 Å². The molecule has 0 aliphatic carbocycles. The summed E-state index contributed by atoms with van der Waals surface area (Å²) in [4.78, 5) is 12.7. The number of rotatable bonds is 5. The van der Waals surface area contributed by atoms with Crippen LogP contribution in [0, 0.1) is 10.1 Å². The van der Waals surface area contributed by atoms with Gasteiger partial charge in [0.15, 0.2) is 0 Å². The molecule has 1 atom stereocenters. The van der Waals surface area contributed by atoms with Crippen LogP contribution in [0.1, 0.15) is 26.2 Å². The lowest BCUT2D eigenvalue weighted by atomic mass is 10.1. The van der Waals surface area contributed by atoms with Crippen molar-refractivity contribution in [3.05, 3.63) is 32.3 Å². The van der Waals surface area contributed by atoms with Crippen LogP contribution in [0.2, 0.25) is 10.0 Å². The number of likely N-dealkylation sites (tertiary alicyclic amines) is 1. The molecule has 0 saturated carbocycles. The molecule has 0 radical (unpaired) electrons. The molecular formula is C14H19Cl2N3O2. The Labute approximate surface area is 134 Å². The Hall–Kier alpha value is -1.04. The van der Waals surface area contributed by atoms with Crippen molar-refractivity contribution in [3.63, 3.8) is 0 Å². The first-order valence-corrected chi connectivity index (χ1v) is 7.86. The molecule has 0 amide bonds. The average Bonchev–Trinajstić information content (AvgIpc) is 2.46. The molecule has 116 valence electrons. The van der Waals surface area contributed by atoms with Crippen LogP contribution in [0.25, 0.3) is 0 Å². The number of nitro benzene ring substituents is 1. The number of nitrogens with zero attached hydrogens (tertiary/aromatic N) is 2. The summed E-state index contributed by atoms with van der Waals surface area (Å²) >= 11 is 12.2. The number of halogens is 2. The van der Waals surface area contributed by atoms with Crippen LogP contribution in [0.4, 0.5) is 11.4 Å². The molecule has 1 aliphatic rings. The monoisotopic (exact) mass is 331 g/mol. The molecule has 1 fully saturated rings. The third-order valence-corrected chi connectivity index (χ3v) is 4.42. The SMILES string of the molecule is CC(CNc1c(Cl)cc([N+](=O)[O-])cc1Cl)N1CCCCC1. The predicted molar refractivity (Wildman–Crippen MR) is 86.5 cm³/mol. The number of anilines is 1. The molecule has 1 saturated heterocycles. The number of nitrogens with one attached hydrogen (secondary N) is 1. The van der Waals surface area contributed by atoms with Gasteiger partial charge < -0.3 is 5.32 Å². The molecule has 21 heavy (non-hydrogen) atoms. The first kappa shape index (κ1) is 16.3. The number of benzene rings is 1. The second kappa shape index (κ2) is 7.29. The summed E-state index contributed by atoms with van der Waals surface area (Å²) in [7, 11) is 0. The van der Waals surface area contributed by atoms with E-state index in [2.05, 4.69) is 17.1 Å². The minimum Gasteiger partial charge on any atom is -0.381 e. The molecule has 1 unspecified atom stereocenters. The second-order valence-electron chi connectivity index (χ2n) is 5.37. The number of nitro groups is 1. The van der Waals surface area contributed by atoms with Crippen LogP contribution in [0.15, 0.2) is 12.1 Å². The number of hydrogen-bond donors (Lipinski definition) is 1. The maximum Gasteiger partial charge on any atom is 0.272 e. The van der Waals surface area contributed by atoms with Gasteiger partial charge in [0.25, 0.3) is 5.69 Å². The summed E-state index contributed by atoms with van der Waals surface area (Å²) < 4.78 is 0. The molecule has 1 N–H and O–H groups in total. The lowest BCUT2D eigenvalue weighted by Crippen LogP contribution is -2.41. The highest BCUT2D eigenvalue weighted by atomic mass is 35.5. The largest absolute Gasteiger partial charge is 0.381 e. The third kappa shape index (κ3) is 4.22. The Kier molecular flexibility index (Phi) is 5.67. The topological polar surface area (TPSA) is 58.4 Å². The summed E-state index contributed by atoms with van der Waals surface area (Å²) in [6, 6.07) is 3.01. The fourth-order valence-electron chi connectivity index (χ4n) is 2.57. The second-order valence-corrected chi connectivity index (χ2v) is 6.18. The number of non-ortho nitro benzene ring substituents is 1. The summed E-state index contributed by atoms with van der Waals surface area (Å²) in [5, 5.41) is 14.5. The van der Waals surface area contributed by atoms with Gasteiger partial charge in [0.2, 0.25) is 0 Å². The van der Waals surface area contributed by atoms with Crippen molar-refractivity contribution >= 4 is 34.6 Å². The molecule has 2 rings (SSSR count). The van der Waals surface area contributed by atoms with Crippen LogP contribution in [-0.4, -0.2) is 35.5 Å². The molecule has 1 aromatic rings. The standard InChI is InChI=1S/C14H19Cl2N3O2/c1-10(18-5-3-2-4-6-18)9-17-14-12(15)7-11(19(20)21)8-13(14)16/h7-8,10,17H,2-6,9H2,1H3. The van der Waals surface area contributed by atoms with Crippen molar-refractivity contribution in [3.8, 4) is 0 Å². The van der Waals surface area contributed by atoms with Crippen LogP contribution in [0.3, 0.4) is 0 Å². The summed E-state index contributed by atoms with van der Waals surface area (Å²) in [5.74, 6) is 0. The van der Waals surface area contributed by atoms with E-state index in [0.717, 1.165) is 13.1 Å². The van der Waals surface area contributed by atoms with E-state index in [0.29, 0.717) is 18.3 Å². The molecule has 1 aliphatic heterocycles. The van der Waals surface area contributed by atoms with E-state index >= 15 is 0 Å². The zero-order valence-electron chi connectivity index (χ0n) is 11.9. The molecular weight excluding hydrogens is 313 g/mol. The Morgan fingerprint density at radius 2 is 1.86 bits per heavy atom. The van der Waals surface area contributed by atoms with E-state index < -0.39 is 4.92 Å². The Morgan fingerprint density at radius 3 is 2.38 bits per heavy atom. The number of piperidine rings is 1. The summed E-state index contributed by atoms with van der Waals surface area (Å²) in [6.45, 7) is 5.10. The van der Waals surface area contributed by atoms with E-state index in [1.807, 2.05) is 0 Å². The highest BCUT2D eigenvalue weighted by Crippen LogP contribution is 2.34. The first-order chi connectivity index (χ1) is 9.99. The van der Waals surface area contributed by atoms with Crippen molar-refractivity contribution in [1.82, 2.24) is 4.90 Å². The predicted octanol–water partition coefficient (Wildman–Crippen LogP) is 4.19. The molecule has 0 spiro atoms. The first-order valence-electron chi connectivity index (χ1n) is 7.10. The van der Waals surface area contributed by atoms with Gasteiger partial charge in [0.1, 0.15) is 0 Å². The molecule has 7 heteroatoms. The quantitative estimate of drug-likeness (QED) is 0.649. The van der Waals surface area contributed by atoms with Crippen molar-refractivity contribution in [2.45, 2.75) is 32.2 Å². The van der Waals surface area contributed by atoms with E-state index in [9.17, 15) is 10.1 Å². The van der Waals surface area contributed by atoms with Crippen LogP contribution in [-0.2, 0) is 0 Å². The van der Waals surface area contributed by atoms with E-state index in [1.165, 1.54) is 31.4 Å². The minimum atomic E-state index is -0.502. The fourth-order valence-corrected chi connectivity index (χ4v) is 3.18. The van der Waals surface area contributed by atoms with Gasteiger partial charge in [0, 0.05) is 24.7 Å². The summed E-state index contributed by atoms with van der Waals surface area (Å²) in [5.41, 5.74) is 0.465. The zero-order chi connectivity index (χ0) is 15.4. The van der Waals surface area contributed by atoms with Crippen molar-refractivity contribution in [2.75, 3.05) is 25.0 Å². The van der Waals surface area contributed by atoms with Gasteiger partial charge in [-0.05, 0) is 32.9 Å². The Bertz CT molecular complexity index is 496. The van der Waals surface area contributed by atoms with E-state index in [1.54, 1.807) is 0 Å². The normalized spacial score (nSPS) is 17.5. The van der Waals surface area contributed by atoms with Gasteiger partial charge in [-0.3, -0.25) is 15.0 Å². The van der Waals surface area contributed by atoms with Gasteiger partial charge in [-0.2, -0.15) is 0 Å². The van der Waals surface area contributed by atoms with E-state index in [-0.39, 0.29) is 15.7 Å². The molecule has 5 nitrogen and oxygen atoms in total.